The van der Waals surface area contributed by atoms with Crippen LogP contribution in [0.25, 0.3) is 0 Å². The highest BCUT2D eigenvalue weighted by Crippen LogP contribution is 2.38. The van der Waals surface area contributed by atoms with Crippen LogP contribution >= 0.6 is 0 Å². The van der Waals surface area contributed by atoms with Gasteiger partial charge < -0.3 is 30.5 Å². The van der Waals surface area contributed by atoms with E-state index in [1.165, 1.54) is 0 Å². The fourth-order valence-electron chi connectivity index (χ4n) is 4.91. The number of guanidine groups is 1. The van der Waals surface area contributed by atoms with Crippen molar-refractivity contribution >= 4 is 11.9 Å². The van der Waals surface area contributed by atoms with Crippen LogP contribution in [0.5, 0.6) is 0 Å². The average Bonchev–Trinajstić information content (AvgIpc) is 3.43. The van der Waals surface area contributed by atoms with Crippen molar-refractivity contribution in [2.24, 2.45) is 11.6 Å². The van der Waals surface area contributed by atoms with E-state index in [2.05, 4.69) is 44.6 Å². The summed E-state index contributed by atoms with van der Waals surface area (Å²) in [5.74, 6) is 4.23. The van der Waals surface area contributed by atoms with Crippen molar-refractivity contribution in [3.05, 3.63) is 22.8 Å². The number of nitrogens with one attached hydrogen (secondary N) is 2. The summed E-state index contributed by atoms with van der Waals surface area (Å²) in [6.45, 7) is 6.72. The number of aliphatic carboxylic acids is 1. The topological polar surface area (TPSA) is 214 Å². The molecular weight excluding hydrogens is 508 g/mol. The molecule has 39 heavy (non-hydrogen) atoms. The Balaban J connectivity index is 1.73. The Morgan fingerprint density at radius 1 is 1.15 bits per heavy atom. The van der Waals surface area contributed by atoms with Gasteiger partial charge in [0.1, 0.15) is 5.69 Å². The number of hydrogen-bond acceptors (Lipinski definition) is 10. The van der Waals surface area contributed by atoms with Crippen LogP contribution < -0.4 is 16.9 Å². The SMILES string of the molecule is CC(C)(OCCON)C1CCCCCc2c1nnn2CCn1nnc(COCCNC(=N)N)c1CCC(=O)O. The molecule has 0 saturated carbocycles. The van der Waals surface area contributed by atoms with Crippen LogP contribution in [0.4, 0.5) is 0 Å². The van der Waals surface area contributed by atoms with Gasteiger partial charge in [-0.3, -0.25) is 10.2 Å². The second kappa shape index (κ2) is 14.9. The summed E-state index contributed by atoms with van der Waals surface area (Å²) in [5, 5.41) is 36.7. The number of nitrogens with two attached hydrogens (primary N) is 2. The number of aryl methyl sites for hydroxylation is 2. The molecule has 15 heteroatoms. The molecule has 0 amide bonds. The third kappa shape index (κ3) is 8.95. The molecular formula is C24H42N10O5. The van der Waals surface area contributed by atoms with E-state index in [1.54, 1.807) is 4.68 Å². The maximum Gasteiger partial charge on any atom is 0.303 e. The largest absolute Gasteiger partial charge is 0.481 e. The zero-order valence-corrected chi connectivity index (χ0v) is 22.9. The van der Waals surface area contributed by atoms with Crippen molar-refractivity contribution in [1.29, 1.82) is 5.41 Å². The third-order valence-electron chi connectivity index (χ3n) is 6.94. The van der Waals surface area contributed by atoms with Crippen molar-refractivity contribution in [2.75, 3.05) is 26.4 Å². The molecule has 0 fully saturated rings. The lowest BCUT2D eigenvalue weighted by atomic mass is 9.80. The Morgan fingerprint density at radius 2 is 1.92 bits per heavy atom. The second-order valence-electron chi connectivity index (χ2n) is 10.1. The van der Waals surface area contributed by atoms with Gasteiger partial charge in [-0.2, -0.15) is 0 Å². The van der Waals surface area contributed by atoms with Gasteiger partial charge in [0.25, 0.3) is 0 Å². The lowest BCUT2D eigenvalue weighted by Gasteiger charge is -2.35. The highest BCUT2D eigenvalue weighted by Gasteiger charge is 2.36. The maximum absolute atomic E-state index is 11.3. The van der Waals surface area contributed by atoms with E-state index in [0.29, 0.717) is 45.1 Å². The molecule has 1 unspecified atom stereocenters. The van der Waals surface area contributed by atoms with Crippen molar-refractivity contribution in [3.63, 3.8) is 0 Å². The minimum Gasteiger partial charge on any atom is -0.481 e. The summed E-state index contributed by atoms with van der Waals surface area (Å²) in [7, 11) is 0. The van der Waals surface area contributed by atoms with Crippen LogP contribution in [0.1, 0.15) is 74.6 Å². The number of fused-ring (bicyclic) bond motifs is 1. The van der Waals surface area contributed by atoms with E-state index in [9.17, 15) is 9.90 Å². The Labute approximate surface area is 228 Å². The molecule has 1 atom stereocenters. The number of carboxylic acids is 1. The van der Waals surface area contributed by atoms with E-state index < -0.39 is 11.6 Å². The average molecular weight is 551 g/mol. The molecule has 0 bridgehead atoms. The molecule has 7 N–H and O–H groups in total. The highest BCUT2D eigenvalue weighted by molar-refractivity contribution is 5.74. The van der Waals surface area contributed by atoms with E-state index in [-0.39, 0.29) is 31.3 Å². The molecule has 0 aromatic carbocycles. The number of nitrogens with zero attached hydrogens (tertiary/aromatic N) is 6. The molecule has 0 spiro atoms. The number of aromatic nitrogens is 6. The van der Waals surface area contributed by atoms with E-state index >= 15 is 0 Å². The van der Waals surface area contributed by atoms with Gasteiger partial charge in [0.2, 0.25) is 0 Å². The zero-order valence-electron chi connectivity index (χ0n) is 22.9. The van der Waals surface area contributed by atoms with Crippen LogP contribution in [-0.2, 0) is 51.6 Å². The smallest absolute Gasteiger partial charge is 0.303 e. The van der Waals surface area contributed by atoms with E-state index in [0.717, 1.165) is 49.2 Å². The van der Waals surface area contributed by atoms with E-state index in [1.807, 2.05) is 4.68 Å². The predicted molar refractivity (Wildman–Crippen MR) is 141 cm³/mol. The summed E-state index contributed by atoms with van der Waals surface area (Å²) < 4.78 is 15.4. The van der Waals surface area contributed by atoms with Crippen molar-refractivity contribution in [2.45, 2.75) is 90.0 Å². The molecule has 1 aliphatic rings. The predicted octanol–water partition coefficient (Wildman–Crippen LogP) is 0.472. The number of rotatable bonds is 16. The molecule has 2 heterocycles. The Bertz CT molecular complexity index is 1070. The first kappa shape index (κ1) is 30.4. The minimum atomic E-state index is -0.896. The quantitative estimate of drug-likeness (QED) is 0.0834. The molecule has 2 aromatic heterocycles. The lowest BCUT2D eigenvalue weighted by Crippen LogP contribution is -2.35. The van der Waals surface area contributed by atoms with Crippen LogP contribution in [0.15, 0.2) is 0 Å². The van der Waals surface area contributed by atoms with Gasteiger partial charge in [-0.05, 0) is 33.1 Å². The third-order valence-corrected chi connectivity index (χ3v) is 6.94. The Hall–Kier alpha value is -3.14. The van der Waals surface area contributed by atoms with Gasteiger partial charge in [0.05, 0.1) is 68.6 Å². The Kier molecular flexibility index (Phi) is 11.6. The molecule has 0 saturated heterocycles. The second-order valence-corrected chi connectivity index (χ2v) is 10.1. The van der Waals surface area contributed by atoms with Gasteiger partial charge in [0, 0.05) is 18.9 Å². The van der Waals surface area contributed by atoms with Crippen molar-refractivity contribution in [3.8, 4) is 0 Å². The zero-order chi connectivity index (χ0) is 28.3. The van der Waals surface area contributed by atoms with Crippen LogP contribution in [-0.4, -0.2) is 79.0 Å². The van der Waals surface area contributed by atoms with Gasteiger partial charge >= 0.3 is 5.97 Å². The van der Waals surface area contributed by atoms with Crippen molar-refractivity contribution in [1.82, 2.24) is 35.3 Å². The lowest BCUT2D eigenvalue weighted by molar-refractivity contribution is -0.137. The Morgan fingerprint density at radius 3 is 2.67 bits per heavy atom. The van der Waals surface area contributed by atoms with E-state index in [4.69, 9.17) is 26.5 Å². The first-order valence-corrected chi connectivity index (χ1v) is 13.4. The molecule has 1 aliphatic carbocycles. The number of hydrogen-bond donors (Lipinski definition) is 5. The molecule has 0 aliphatic heterocycles. The number of ether oxygens (including phenoxy) is 2. The maximum atomic E-state index is 11.3. The van der Waals surface area contributed by atoms with Crippen LogP contribution in [0.2, 0.25) is 0 Å². The normalized spacial score (nSPS) is 15.9. The van der Waals surface area contributed by atoms with Crippen LogP contribution in [0.3, 0.4) is 0 Å². The minimum absolute atomic E-state index is 0.0447. The fourth-order valence-corrected chi connectivity index (χ4v) is 4.91. The number of carboxylic acid groups (broad SMARTS) is 1. The van der Waals surface area contributed by atoms with Gasteiger partial charge in [-0.15, -0.1) is 10.2 Å². The molecule has 2 aromatic rings. The summed E-state index contributed by atoms with van der Waals surface area (Å²) in [6, 6.07) is 0. The van der Waals surface area contributed by atoms with Gasteiger partial charge in [-0.25, -0.2) is 15.3 Å². The molecule has 218 valence electrons. The highest BCUT2D eigenvalue weighted by atomic mass is 16.6. The molecule has 3 rings (SSSR count). The summed E-state index contributed by atoms with van der Waals surface area (Å²) >= 11 is 0. The summed E-state index contributed by atoms with van der Waals surface area (Å²) in [6.07, 6.45) is 5.34. The van der Waals surface area contributed by atoms with Gasteiger partial charge in [0.15, 0.2) is 5.96 Å². The molecule has 0 radical (unpaired) electrons. The van der Waals surface area contributed by atoms with Crippen LogP contribution in [0, 0.1) is 5.41 Å². The first-order valence-electron chi connectivity index (χ1n) is 13.4. The summed E-state index contributed by atoms with van der Waals surface area (Å²) in [5.41, 5.74) is 8.18. The van der Waals surface area contributed by atoms with Gasteiger partial charge in [-0.1, -0.05) is 23.3 Å². The molecule has 15 nitrogen and oxygen atoms in total. The first-order chi connectivity index (χ1) is 18.7. The summed E-state index contributed by atoms with van der Waals surface area (Å²) in [4.78, 5) is 15.9. The fraction of sp³-hybridized carbons (Fsp3) is 0.750. The van der Waals surface area contributed by atoms with Crippen molar-refractivity contribution < 1.29 is 24.2 Å². The monoisotopic (exact) mass is 550 g/mol. The standard InChI is InChI=1S/C24H42N10O5/c1-24(2,38-14-15-39-27)17-6-4-3-5-7-20-22(17)30-32-34(20)12-11-33-19(8-9-21(35)36)18(29-31-33)16-37-13-10-28-23(25)26/h17H,3-16,27H2,1-2H3,(H,35,36)(H4,25,26,28). The number of carbonyl (C=O) groups is 1.